The van der Waals surface area contributed by atoms with Crippen molar-refractivity contribution in [3.63, 3.8) is 0 Å². The minimum Gasteiger partial charge on any atom is -0.495 e. The summed E-state index contributed by atoms with van der Waals surface area (Å²) in [5.41, 5.74) is 0.828. The third-order valence-electron chi connectivity index (χ3n) is 4.01. The minimum absolute atomic E-state index is 0.139. The predicted molar refractivity (Wildman–Crippen MR) is 111 cm³/mol. The van der Waals surface area contributed by atoms with Crippen molar-refractivity contribution in [1.29, 1.82) is 0 Å². The van der Waals surface area contributed by atoms with Crippen LogP contribution in [0, 0.1) is 5.82 Å². The predicted octanol–water partition coefficient (Wildman–Crippen LogP) is 4.19. The lowest BCUT2D eigenvalue weighted by atomic mass is 10.2. The Hall–Kier alpha value is -3.72. The quantitative estimate of drug-likeness (QED) is 0.575. The van der Waals surface area contributed by atoms with Crippen LogP contribution in [0.25, 0.3) is 0 Å². The van der Waals surface area contributed by atoms with Crippen molar-refractivity contribution in [1.82, 2.24) is 0 Å². The van der Waals surface area contributed by atoms with Gasteiger partial charge in [0, 0.05) is 11.3 Å². The fourth-order valence-corrected chi connectivity index (χ4v) is 3.39. The summed E-state index contributed by atoms with van der Waals surface area (Å²) in [6.45, 7) is 0. The molecule has 3 aromatic rings. The molecule has 0 aliphatic heterocycles. The molecule has 7 nitrogen and oxygen atoms in total. The van der Waals surface area contributed by atoms with Gasteiger partial charge >= 0.3 is 5.97 Å². The summed E-state index contributed by atoms with van der Waals surface area (Å²) >= 11 is 0.998. The largest absolute Gasteiger partial charge is 0.495 e. The number of thiophene rings is 1. The number of amides is 2. The number of carbonyl (C=O) groups is 3. The van der Waals surface area contributed by atoms with Crippen LogP contribution < -0.4 is 15.4 Å². The van der Waals surface area contributed by atoms with E-state index in [4.69, 9.17) is 4.74 Å². The van der Waals surface area contributed by atoms with Crippen LogP contribution in [0.15, 0.2) is 54.6 Å². The number of esters is 1. The molecule has 0 spiro atoms. The number of carbonyl (C=O) groups excluding carboxylic acids is 3. The van der Waals surface area contributed by atoms with Crippen molar-refractivity contribution < 1.29 is 28.2 Å². The van der Waals surface area contributed by atoms with E-state index in [9.17, 15) is 18.8 Å². The number of ether oxygens (including phenoxy) is 2. The average molecular weight is 428 g/mol. The Kier molecular flexibility index (Phi) is 6.43. The van der Waals surface area contributed by atoms with Gasteiger partial charge in [0.15, 0.2) is 0 Å². The highest BCUT2D eigenvalue weighted by atomic mass is 32.1. The molecule has 3 rings (SSSR count). The van der Waals surface area contributed by atoms with E-state index >= 15 is 0 Å². The van der Waals surface area contributed by atoms with Gasteiger partial charge < -0.3 is 20.1 Å². The van der Waals surface area contributed by atoms with Crippen LogP contribution in [0.3, 0.4) is 0 Å². The summed E-state index contributed by atoms with van der Waals surface area (Å²) in [7, 11) is 2.70. The number of rotatable bonds is 6. The van der Waals surface area contributed by atoms with Gasteiger partial charge in [-0.2, -0.15) is 0 Å². The highest BCUT2D eigenvalue weighted by Crippen LogP contribution is 2.29. The van der Waals surface area contributed by atoms with Crippen LogP contribution in [0.4, 0.5) is 15.8 Å². The topological polar surface area (TPSA) is 93.7 Å². The zero-order valence-corrected chi connectivity index (χ0v) is 16.8. The lowest BCUT2D eigenvalue weighted by Gasteiger charge is -2.13. The molecule has 0 saturated carbocycles. The van der Waals surface area contributed by atoms with Crippen molar-refractivity contribution in [3.8, 4) is 5.75 Å². The molecule has 0 aliphatic carbocycles. The van der Waals surface area contributed by atoms with Crippen molar-refractivity contribution >= 4 is 40.5 Å². The zero-order chi connectivity index (χ0) is 21.7. The molecule has 2 aromatic carbocycles. The van der Waals surface area contributed by atoms with Crippen molar-refractivity contribution in [3.05, 3.63) is 75.7 Å². The Labute approximate surface area is 175 Å². The molecule has 1 heterocycles. The number of nitrogens with one attached hydrogen (secondary N) is 2. The number of hydrogen-bond donors (Lipinski definition) is 2. The standard InChI is InChI=1S/C21H17FN2O5S/c1-28-16-7-6-14(23-20(26)17-8-9-18(30-17)21(27)29-2)11-15(16)24-19(25)12-4-3-5-13(22)10-12/h3-11H,1-2H3,(H,23,26)(H,24,25). The van der Waals surface area contributed by atoms with E-state index in [0.29, 0.717) is 26.9 Å². The Morgan fingerprint density at radius 3 is 2.37 bits per heavy atom. The Balaban J connectivity index is 1.78. The molecule has 0 unspecified atom stereocenters. The van der Waals surface area contributed by atoms with Crippen LogP contribution in [-0.2, 0) is 4.74 Å². The van der Waals surface area contributed by atoms with Crippen molar-refractivity contribution in [2.24, 2.45) is 0 Å². The van der Waals surface area contributed by atoms with Crippen LogP contribution in [0.2, 0.25) is 0 Å². The maximum atomic E-state index is 13.4. The van der Waals surface area contributed by atoms with E-state index in [2.05, 4.69) is 15.4 Å². The maximum absolute atomic E-state index is 13.4. The second kappa shape index (κ2) is 9.19. The number of hydrogen-bond acceptors (Lipinski definition) is 6. The lowest BCUT2D eigenvalue weighted by Crippen LogP contribution is -2.14. The average Bonchev–Trinajstić information content (AvgIpc) is 3.24. The number of anilines is 2. The first kappa shape index (κ1) is 21.0. The molecule has 9 heteroatoms. The number of methoxy groups -OCH3 is 2. The molecule has 0 aliphatic rings. The normalized spacial score (nSPS) is 10.2. The molecule has 0 radical (unpaired) electrons. The van der Waals surface area contributed by atoms with E-state index in [0.717, 1.165) is 17.4 Å². The van der Waals surface area contributed by atoms with Gasteiger partial charge in [0.05, 0.1) is 24.8 Å². The SMILES string of the molecule is COC(=O)c1ccc(C(=O)Nc2ccc(OC)c(NC(=O)c3cccc(F)c3)c2)s1. The molecule has 154 valence electrons. The molecular formula is C21H17FN2O5S. The maximum Gasteiger partial charge on any atom is 0.348 e. The Morgan fingerprint density at radius 1 is 0.900 bits per heavy atom. The van der Waals surface area contributed by atoms with Gasteiger partial charge in [0.25, 0.3) is 11.8 Å². The molecule has 2 N–H and O–H groups in total. The zero-order valence-electron chi connectivity index (χ0n) is 16.0. The first-order valence-corrected chi connectivity index (χ1v) is 9.47. The van der Waals surface area contributed by atoms with Gasteiger partial charge in [0.2, 0.25) is 0 Å². The van der Waals surface area contributed by atoms with Gasteiger partial charge in [-0.3, -0.25) is 9.59 Å². The summed E-state index contributed by atoms with van der Waals surface area (Å²) in [6.07, 6.45) is 0. The molecule has 0 atom stereocenters. The molecule has 2 amide bonds. The first-order chi connectivity index (χ1) is 14.4. The van der Waals surface area contributed by atoms with E-state index in [-0.39, 0.29) is 5.56 Å². The van der Waals surface area contributed by atoms with Gasteiger partial charge in [-0.1, -0.05) is 6.07 Å². The summed E-state index contributed by atoms with van der Waals surface area (Å²) in [5.74, 6) is -1.65. The second-order valence-electron chi connectivity index (χ2n) is 5.99. The highest BCUT2D eigenvalue weighted by Gasteiger charge is 2.16. The minimum atomic E-state index is -0.530. The van der Waals surface area contributed by atoms with E-state index in [1.165, 1.54) is 50.6 Å². The number of benzene rings is 2. The second-order valence-corrected chi connectivity index (χ2v) is 7.07. The van der Waals surface area contributed by atoms with Gasteiger partial charge in [-0.15, -0.1) is 11.3 Å². The lowest BCUT2D eigenvalue weighted by molar-refractivity contribution is 0.0606. The Bertz CT molecular complexity index is 1110. The van der Waals surface area contributed by atoms with E-state index in [1.54, 1.807) is 12.1 Å². The van der Waals surface area contributed by atoms with Crippen molar-refractivity contribution in [2.75, 3.05) is 24.9 Å². The van der Waals surface area contributed by atoms with Crippen LogP contribution in [0.5, 0.6) is 5.75 Å². The fraction of sp³-hybridized carbons (Fsp3) is 0.0952. The summed E-state index contributed by atoms with van der Waals surface area (Å²) in [4.78, 5) is 37.1. The first-order valence-electron chi connectivity index (χ1n) is 8.65. The molecule has 1 aromatic heterocycles. The van der Waals surface area contributed by atoms with Crippen LogP contribution in [-0.4, -0.2) is 32.0 Å². The van der Waals surface area contributed by atoms with Gasteiger partial charge in [0.1, 0.15) is 16.4 Å². The number of halogens is 1. The third-order valence-corrected chi connectivity index (χ3v) is 5.07. The fourth-order valence-electron chi connectivity index (χ4n) is 2.57. The van der Waals surface area contributed by atoms with E-state index < -0.39 is 23.6 Å². The van der Waals surface area contributed by atoms with Gasteiger partial charge in [-0.25, -0.2) is 9.18 Å². The molecular weight excluding hydrogens is 411 g/mol. The highest BCUT2D eigenvalue weighted by molar-refractivity contribution is 7.16. The molecule has 0 bridgehead atoms. The molecule has 30 heavy (non-hydrogen) atoms. The Morgan fingerprint density at radius 2 is 1.67 bits per heavy atom. The molecule has 0 fully saturated rings. The molecule has 0 saturated heterocycles. The van der Waals surface area contributed by atoms with E-state index in [1.807, 2.05) is 0 Å². The summed E-state index contributed by atoms with van der Waals surface area (Å²) in [5, 5.41) is 5.34. The smallest absolute Gasteiger partial charge is 0.348 e. The van der Waals surface area contributed by atoms with Crippen LogP contribution in [0.1, 0.15) is 29.7 Å². The van der Waals surface area contributed by atoms with Crippen LogP contribution >= 0.6 is 11.3 Å². The monoisotopic (exact) mass is 428 g/mol. The third kappa shape index (κ3) is 4.81. The van der Waals surface area contributed by atoms with Gasteiger partial charge in [-0.05, 0) is 48.5 Å². The summed E-state index contributed by atoms with van der Waals surface area (Å²) < 4.78 is 23.2. The van der Waals surface area contributed by atoms with Crippen molar-refractivity contribution in [2.45, 2.75) is 0 Å². The summed E-state index contributed by atoms with van der Waals surface area (Å²) in [6, 6.07) is 13.0.